The van der Waals surface area contributed by atoms with Crippen molar-refractivity contribution in [1.82, 2.24) is 4.90 Å². The Labute approximate surface area is 65.8 Å². The second kappa shape index (κ2) is 7.61. The Kier molecular flexibility index (Phi) is 10.9. The zero-order valence-electron chi connectivity index (χ0n) is 5.90. The van der Waals surface area contributed by atoms with Crippen molar-refractivity contribution in [3.8, 4) is 0 Å². The van der Waals surface area contributed by atoms with Crippen LogP contribution in [0.1, 0.15) is 20.8 Å². The van der Waals surface area contributed by atoms with E-state index in [0.29, 0.717) is 0 Å². The summed E-state index contributed by atoms with van der Waals surface area (Å²) in [6, 6.07) is 0. The second-order valence-corrected chi connectivity index (χ2v) is 1.62. The Balaban J connectivity index is 0. The Bertz CT molecular complexity index is 30.0. The quantitative estimate of drug-likeness (QED) is 0.759. The van der Waals surface area contributed by atoms with Gasteiger partial charge in [0.25, 0.3) is 0 Å². The van der Waals surface area contributed by atoms with Crippen LogP contribution in [0.15, 0.2) is 0 Å². The van der Waals surface area contributed by atoms with Gasteiger partial charge < -0.3 is 4.90 Å². The van der Waals surface area contributed by atoms with Crippen molar-refractivity contribution in [2.45, 2.75) is 20.8 Å². The van der Waals surface area contributed by atoms with Gasteiger partial charge in [0, 0.05) is 20.1 Å². The van der Waals surface area contributed by atoms with Crippen LogP contribution in [-0.2, 0) is 20.1 Å². The van der Waals surface area contributed by atoms with Gasteiger partial charge in [-0.25, -0.2) is 0 Å². The molecule has 0 aromatic heterocycles. The molecule has 0 heterocycles. The average molecular weight is 293 g/mol. The fourth-order valence-electron chi connectivity index (χ4n) is 0.671. The molecule has 2 heteroatoms. The first-order valence-electron chi connectivity index (χ1n) is 3.07. The number of hydrogen-bond acceptors (Lipinski definition) is 1. The maximum atomic E-state index is 2.38. The molecule has 0 unspecified atom stereocenters. The minimum atomic E-state index is 0. The molecule has 0 atom stereocenters. The summed E-state index contributed by atoms with van der Waals surface area (Å²) in [6.07, 6.45) is 0. The van der Waals surface area contributed by atoms with Crippen LogP contribution in [0.3, 0.4) is 0 Å². The van der Waals surface area contributed by atoms with Gasteiger partial charge in [0.2, 0.25) is 0 Å². The van der Waals surface area contributed by atoms with Gasteiger partial charge in [0.05, 0.1) is 0 Å². The molecule has 0 aliphatic heterocycles. The fourth-order valence-corrected chi connectivity index (χ4v) is 0.671. The molecule has 0 N–H and O–H groups in total. The van der Waals surface area contributed by atoms with Crippen LogP contribution < -0.4 is 0 Å². The topological polar surface area (TPSA) is 3.24 Å². The van der Waals surface area contributed by atoms with Crippen LogP contribution in [-0.4, -0.2) is 24.5 Å². The average Bonchev–Trinajstić information content (AvgIpc) is 1.72. The van der Waals surface area contributed by atoms with Crippen molar-refractivity contribution < 1.29 is 20.1 Å². The molecule has 1 radical (unpaired) electrons. The third-order valence-corrected chi connectivity index (χ3v) is 1.34. The molecule has 0 rings (SSSR count). The predicted molar refractivity (Wildman–Crippen MR) is 33.5 cm³/mol. The molecule has 0 aromatic rings. The monoisotopic (exact) mass is 294 g/mol. The van der Waals surface area contributed by atoms with Gasteiger partial charge in [-0.1, -0.05) is 20.8 Å². The van der Waals surface area contributed by atoms with E-state index in [1.54, 1.807) is 0 Å². The van der Waals surface area contributed by atoms with Gasteiger partial charge in [0.15, 0.2) is 0 Å². The number of rotatable bonds is 3. The van der Waals surface area contributed by atoms with Crippen molar-refractivity contribution in [2.24, 2.45) is 0 Å². The summed E-state index contributed by atoms with van der Waals surface area (Å²) in [6.45, 7) is 10.1. The zero-order chi connectivity index (χ0) is 5.70. The molecule has 0 aliphatic rings. The molecule has 8 heavy (non-hydrogen) atoms. The molecule has 1 nitrogen and oxygen atoms in total. The maximum Gasteiger partial charge on any atom is 0 e. The molecule has 0 saturated carbocycles. The molecular formula is C6H15IrN. The van der Waals surface area contributed by atoms with Crippen LogP contribution >= 0.6 is 0 Å². The van der Waals surface area contributed by atoms with Gasteiger partial charge in [-0.15, -0.1) is 0 Å². The Morgan fingerprint density at radius 1 is 0.875 bits per heavy atom. The van der Waals surface area contributed by atoms with Gasteiger partial charge in [-0.3, -0.25) is 0 Å². The van der Waals surface area contributed by atoms with Gasteiger partial charge in [0.1, 0.15) is 0 Å². The van der Waals surface area contributed by atoms with Crippen LogP contribution in [0.2, 0.25) is 0 Å². The molecule has 0 saturated heterocycles. The van der Waals surface area contributed by atoms with E-state index in [0.717, 1.165) is 0 Å². The molecule has 0 aliphatic carbocycles. The minimum Gasteiger partial charge on any atom is -0.304 e. The molecule has 0 amide bonds. The fraction of sp³-hybridized carbons (Fsp3) is 1.00. The first kappa shape index (κ1) is 11.4. The molecule has 0 spiro atoms. The molecule has 0 bridgehead atoms. The third-order valence-electron chi connectivity index (χ3n) is 1.34. The third kappa shape index (κ3) is 4.76. The van der Waals surface area contributed by atoms with Crippen LogP contribution in [0.5, 0.6) is 0 Å². The summed E-state index contributed by atoms with van der Waals surface area (Å²) < 4.78 is 0. The van der Waals surface area contributed by atoms with E-state index in [4.69, 9.17) is 0 Å². The first-order valence-corrected chi connectivity index (χ1v) is 3.07. The Morgan fingerprint density at radius 3 is 1.12 bits per heavy atom. The van der Waals surface area contributed by atoms with E-state index in [-0.39, 0.29) is 20.1 Å². The predicted octanol–water partition coefficient (Wildman–Crippen LogP) is 1.35. The summed E-state index contributed by atoms with van der Waals surface area (Å²) in [5.74, 6) is 0. The molecular weight excluding hydrogens is 278 g/mol. The second-order valence-electron chi connectivity index (χ2n) is 1.62. The van der Waals surface area contributed by atoms with Gasteiger partial charge in [-0.05, 0) is 19.6 Å². The number of nitrogens with zero attached hydrogens (tertiary/aromatic N) is 1. The molecule has 0 fully saturated rings. The van der Waals surface area contributed by atoms with E-state index in [2.05, 4.69) is 25.7 Å². The summed E-state index contributed by atoms with van der Waals surface area (Å²) >= 11 is 0. The van der Waals surface area contributed by atoms with E-state index in [1.165, 1.54) is 19.6 Å². The van der Waals surface area contributed by atoms with Crippen LogP contribution in [0.4, 0.5) is 0 Å². The largest absolute Gasteiger partial charge is 0.304 e. The van der Waals surface area contributed by atoms with E-state index in [1.807, 2.05) is 0 Å². The minimum absolute atomic E-state index is 0. The maximum absolute atomic E-state index is 2.38. The SMILES string of the molecule is CCN(CC)CC.[Ir]. The van der Waals surface area contributed by atoms with E-state index in [9.17, 15) is 0 Å². The number of hydrogen-bond donors (Lipinski definition) is 0. The Morgan fingerprint density at radius 2 is 1.12 bits per heavy atom. The van der Waals surface area contributed by atoms with Crippen molar-refractivity contribution >= 4 is 0 Å². The van der Waals surface area contributed by atoms with Crippen molar-refractivity contribution in [2.75, 3.05) is 19.6 Å². The summed E-state index contributed by atoms with van der Waals surface area (Å²) in [5, 5.41) is 0. The summed E-state index contributed by atoms with van der Waals surface area (Å²) in [4.78, 5) is 2.38. The molecule has 0 aromatic carbocycles. The normalized spacial score (nSPS) is 9.00. The van der Waals surface area contributed by atoms with Crippen LogP contribution in [0.25, 0.3) is 0 Å². The van der Waals surface area contributed by atoms with Crippen molar-refractivity contribution in [3.63, 3.8) is 0 Å². The van der Waals surface area contributed by atoms with E-state index >= 15 is 0 Å². The molecule has 53 valence electrons. The summed E-state index contributed by atoms with van der Waals surface area (Å²) in [5.41, 5.74) is 0. The zero-order valence-corrected chi connectivity index (χ0v) is 8.30. The van der Waals surface area contributed by atoms with Crippen molar-refractivity contribution in [3.05, 3.63) is 0 Å². The summed E-state index contributed by atoms with van der Waals surface area (Å²) in [7, 11) is 0. The Hall–Kier alpha value is 0.609. The van der Waals surface area contributed by atoms with Crippen LogP contribution in [0, 0.1) is 0 Å². The van der Waals surface area contributed by atoms with Crippen molar-refractivity contribution in [1.29, 1.82) is 0 Å². The van der Waals surface area contributed by atoms with Gasteiger partial charge in [-0.2, -0.15) is 0 Å². The van der Waals surface area contributed by atoms with Gasteiger partial charge >= 0.3 is 0 Å². The first-order chi connectivity index (χ1) is 3.35. The van der Waals surface area contributed by atoms with E-state index < -0.39 is 0 Å². The standard InChI is InChI=1S/C6H15N.Ir/c1-4-7(5-2)6-3;/h4-6H2,1-3H3;. The smallest absolute Gasteiger partial charge is 0 e.